The van der Waals surface area contributed by atoms with Gasteiger partial charge in [0.1, 0.15) is 23.9 Å². The fourth-order valence-corrected chi connectivity index (χ4v) is 3.67. The third-order valence-electron chi connectivity index (χ3n) is 5.90. The van der Waals surface area contributed by atoms with Crippen molar-refractivity contribution in [3.05, 3.63) is 29.8 Å². The van der Waals surface area contributed by atoms with Crippen LogP contribution in [0.1, 0.15) is 45.1 Å². The molecule has 0 saturated heterocycles. The topological polar surface area (TPSA) is 197 Å². The molecule has 0 aliphatic rings. The molecule has 12 heteroatoms. The summed E-state index contributed by atoms with van der Waals surface area (Å²) in [4.78, 5) is 50.1. The number of rotatable bonds is 16. The van der Waals surface area contributed by atoms with Gasteiger partial charge in [-0.05, 0) is 55.8 Å². The van der Waals surface area contributed by atoms with Crippen LogP contribution in [0.4, 0.5) is 0 Å². The van der Waals surface area contributed by atoms with Crippen molar-refractivity contribution >= 4 is 36.3 Å². The lowest BCUT2D eigenvalue weighted by Crippen LogP contribution is -2.59. The van der Waals surface area contributed by atoms with Gasteiger partial charge in [-0.1, -0.05) is 32.4 Å². The number of hydrogen-bond acceptors (Lipinski definition) is 8. The number of benzene rings is 1. The van der Waals surface area contributed by atoms with E-state index in [2.05, 4.69) is 28.6 Å². The summed E-state index contributed by atoms with van der Waals surface area (Å²) in [6.07, 6.45) is 2.16. The quantitative estimate of drug-likeness (QED) is 0.108. The zero-order valence-electron chi connectivity index (χ0n) is 20.8. The molecule has 0 radical (unpaired) electrons. The van der Waals surface area contributed by atoms with E-state index in [1.165, 1.54) is 12.1 Å². The number of aliphatic carboxylic acids is 1. The molecule has 5 unspecified atom stereocenters. The third-order valence-corrected chi connectivity index (χ3v) is 6.26. The summed E-state index contributed by atoms with van der Waals surface area (Å²) in [7, 11) is 0. The van der Waals surface area contributed by atoms with E-state index in [-0.39, 0.29) is 30.3 Å². The summed E-state index contributed by atoms with van der Waals surface area (Å²) >= 11 is 3.95. The second-order valence-corrected chi connectivity index (χ2v) is 9.14. The molecule has 1 aromatic carbocycles. The first-order valence-electron chi connectivity index (χ1n) is 12.0. The number of amides is 3. The highest BCUT2D eigenvalue weighted by atomic mass is 32.1. The lowest BCUT2D eigenvalue weighted by atomic mass is 9.96. The number of carbonyl (C=O) groups excluding carboxylic acids is 3. The van der Waals surface area contributed by atoms with Crippen molar-refractivity contribution in [1.29, 1.82) is 0 Å². The molecule has 0 bridgehead atoms. The van der Waals surface area contributed by atoms with Gasteiger partial charge in [0.15, 0.2) is 0 Å². The van der Waals surface area contributed by atoms with Crippen LogP contribution in [0.15, 0.2) is 24.3 Å². The van der Waals surface area contributed by atoms with Crippen LogP contribution in [0.2, 0.25) is 0 Å². The van der Waals surface area contributed by atoms with E-state index in [4.69, 9.17) is 11.5 Å². The number of aromatic hydroxyl groups is 1. The summed E-state index contributed by atoms with van der Waals surface area (Å²) in [5, 5.41) is 26.4. The molecule has 0 heterocycles. The number of carbonyl (C=O) groups is 4. The number of phenols is 1. The number of nitrogens with one attached hydrogen (secondary N) is 3. The number of thiol groups is 1. The Bertz CT molecular complexity index is 869. The van der Waals surface area contributed by atoms with Gasteiger partial charge in [-0.15, -0.1) is 0 Å². The van der Waals surface area contributed by atoms with Crippen molar-refractivity contribution in [2.75, 3.05) is 12.3 Å². The Kier molecular flexibility index (Phi) is 13.9. The molecule has 0 spiro atoms. The molecule has 202 valence electrons. The number of carboxylic acid groups (broad SMARTS) is 1. The van der Waals surface area contributed by atoms with Gasteiger partial charge in [0.25, 0.3) is 0 Å². The SMILES string of the molecule is CCC(C)C(NC(=O)C(N)Cc1ccc(O)cc1)C(=O)NC(CCCCN)C(=O)NC(CS)C(=O)O. The minimum atomic E-state index is -1.24. The van der Waals surface area contributed by atoms with E-state index in [9.17, 15) is 29.4 Å². The van der Waals surface area contributed by atoms with Crippen molar-refractivity contribution in [2.24, 2.45) is 17.4 Å². The van der Waals surface area contributed by atoms with Crippen LogP contribution in [0, 0.1) is 5.92 Å². The minimum Gasteiger partial charge on any atom is -0.508 e. The van der Waals surface area contributed by atoms with Crippen molar-refractivity contribution < 1.29 is 29.4 Å². The predicted octanol–water partition coefficient (Wildman–Crippen LogP) is -0.0941. The molecule has 1 rings (SSSR count). The molecule has 0 aliphatic heterocycles. The van der Waals surface area contributed by atoms with Gasteiger partial charge >= 0.3 is 5.97 Å². The van der Waals surface area contributed by atoms with Gasteiger partial charge in [-0.2, -0.15) is 12.6 Å². The molecular formula is C24H39N5O6S. The van der Waals surface area contributed by atoms with Gasteiger partial charge in [0, 0.05) is 5.75 Å². The Morgan fingerprint density at radius 1 is 0.972 bits per heavy atom. The molecule has 0 aliphatic carbocycles. The maximum atomic E-state index is 13.2. The lowest BCUT2D eigenvalue weighted by Gasteiger charge is -2.28. The molecule has 0 fully saturated rings. The summed E-state index contributed by atoms with van der Waals surface area (Å²) in [6, 6.07) is 2.17. The van der Waals surface area contributed by atoms with Crippen LogP contribution in [-0.2, 0) is 25.6 Å². The number of carboxylic acids is 1. The molecule has 5 atom stereocenters. The number of nitrogens with two attached hydrogens (primary N) is 2. The zero-order valence-corrected chi connectivity index (χ0v) is 21.7. The van der Waals surface area contributed by atoms with Crippen molar-refractivity contribution in [3.63, 3.8) is 0 Å². The van der Waals surface area contributed by atoms with Crippen molar-refractivity contribution in [2.45, 2.75) is 70.1 Å². The largest absolute Gasteiger partial charge is 0.508 e. The Balaban J connectivity index is 2.95. The van der Waals surface area contributed by atoms with Gasteiger partial charge < -0.3 is 37.6 Å². The summed E-state index contributed by atoms with van der Waals surface area (Å²) in [5.41, 5.74) is 12.3. The first kappa shape index (κ1) is 31.2. The Morgan fingerprint density at radius 3 is 2.11 bits per heavy atom. The predicted molar refractivity (Wildman–Crippen MR) is 139 cm³/mol. The van der Waals surface area contributed by atoms with Crippen LogP contribution in [0.25, 0.3) is 0 Å². The maximum absolute atomic E-state index is 13.2. The fraction of sp³-hybridized carbons (Fsp3) is 0.583. The van der Waals surface area contributed by atoms with E-state index in [1.54, 1.807) is 19.1 Å². The number of phenolic OH excluding ortho intramolecular Hbond substituents is 1. The van der Waals surface area contributed by atoms with E-state index in [0.717, 1.165) is 5.56 Å². The van der Waals surface area contributed by atoms with E-state index in [1.807, 2.05) is 6.92 Å². The highest BCUT2D eigenvalue weighted by Gasteiger charge is 2.32. The van der Waals surface area contributed by atoms with Gasteiger partial charge in [0.2, 0.25) is 17.7 Å². The van der Waals surface area contributed by atoms with Crippen LogP contribution in [0.3, 0.4) is 0 Å². The fourth-order valence-electron chi connectivity index (χ4n) is 3.42. The Hall–Kier alpha value is -2.83. The third kappa shape index (κ3) is 10.4. The van der Waals surface area contributed by atoms with Crippen LogP contribution >= 0.6 is 12.6 Å². The maximum Gasteiger partial charge on any atom is 0.327 e. The summed E-state index contributed by atoms with van der Waals surface area (Å²) in [5.74, 6) is -3.28. The number of unbranched alkanes of at least 4 members (excludes halogenated alkanes) is 1. The van der Waals surface area contributed by atoms with Crippen molar-refractivity contribution in [3.8, 4) is 5.75 Å². The molecule has 11 nitrogen and oxygen atoms in total. The standard InChI is InChI=1S/C24H39N5O6S/c1-3-14(2)20(29-21(31)17(26)12-15-7-9-16(30)10-8-15)23(33)27-18(6-4-5-11-25)22(32)28-19(13-36)24(34)35/h7-10,14,17-20,30,36H,3-6,11-13,25-26H2,1-2H3,(H,27,33)(H,28,32)(H,29,31)(H,34,35). The normalized spacial score (nSPS) is 15.1. The first-order chi connectivity index (χ1) is 17.0. The van der Waals surface area contributed by atoms with Crippen molar-refractivity contribution in [1.82, 2.24) is 16.0 Å². The second kappa shape index (κ2) is 16.0. The van der Waals surface area contributed by atoms with Crippen LogP contribution in [-0.4, -0.2) is 70.4 Å². The summed E-state index contributed by atoms with van der Waals surface area (Å²) < 4.78 is 0. The van der Waals surface area contributed by atoms with Crippen LogP contribution in [0.5, 0.6) is 5.75 Å². The Morgan fingerprint density at radius 2 is 1.58 bits per heavy atom. The Labute approximate surface area is 217 Å². The van der Waals surface area contributed by atoms with Gasteiger partial charge in [0.05, 0.1) is 6.04 Å². The highest BCUT2D eigenvalue weighted by molar-refractivity contribution is 7.80. The molecule has 36 heavy (non-hydrogen) atoms. The minimum absolute atomic E-state index is 0.0966. The molecule has 0 aromatic heterocycles. The molecule has 1 aromatic rings. The first-order valence-corrected chi connectivity index (χ1v) is 12.7. The number of hydrogen-bond donors (Lipinski definition) is 8. The highest BCUT2D eigenvalue weighted by Crippen LogP contribution is 2.13. The monoisotopic (exact) mass is 525 g/mol. The van der Waals surface area contributed by atoms with E-state index >= 15 is 0 Å². The second-order valence-electron chi connectivity index (χ2n) is 8.78. The molecule has 0 saturated carbocycles. The molecule has 9 N–H and O–H groups in total. The molecular weight excluding hydrogens is 486 g/mol. The van der Waals surface area contributed by atoms with E-state index in [0.29, 0.717) is 25.8 Å². The zero-order chi connectivity index (χ0) is 27.3. The lowest BCUT2D eigenvalue weighted by molar-refractivity contribution is -0.141. The molecule has 3 amide bonds. The summed E-state index contributed by atoms with van der Waals surface area (Å²) in [6.45, 7) is 4.06. The van der Waals surface area contributed by atoms with Crippen LogP contribution < -0.4 is 27.4 Å². The average molecular weight is 526 g/mol. The van der Waals surface area contributed by atoms with Gasteiger partial charge in [-0.3, -0.25) is 14.4 Å². The smallest absolute Gasteiger partial charge is 0.327 e. The van der Waals surface area contributed by atoms with Gasteiger partial charge in [-0.25, -0.2) is 4.79 Å². The van der Waals surface area contributed by atoms with E-state index < -0.39 is 47.9 Å². The average Bonchev–Trinajstić information content (AvgIpc) is 2.85.